The Morgan fingerprint density at radius 1 is 1.32 bits per heavy atom. The first kappa shape index (κ1) is 21.1. The monoisotopic (exact) mass is 378 g/mol. The van der Waals surface area contributed by atoms with Crippen molar-refractivity contribution in [3.63, 3.8) is 0 Å². The fourth-order valence-electron chi connectivity index (χ4n) is 3.01. The fraction of sp³-hybridized carbons (Fsp3) is 0.333. The average molecular weight is 378 g/mol. The van der Waals surface area contributed by atoms with E-state index < -0.39 is 0 Å². The van der Waals surface area contributed by atoms with E-state index in [9.17, 15) is 10.1 Å². The standard InChI is InChI=1S/C19H20N6O.C2H6/c1-3-24(17-8-10-25-19(23-17)16(13-26)12-22-25)18-14(7-9-21-2)5-4-6-15(18)11-20;1-2/h4-6,8,10,12-13,21H,3,7,9H2,1-2H3;1-2H3. The molecule has 28 heavy (non-hydrogen) atoms. The van der Waals surface area contributed by atoms with Crippen LogP contribution in [0.2, 0.25) is 0 Å². The van der Waals surface area contributed by atoms with Crippen molar-refractivity contribution in [2.45, 2.75) is 27.2 Å². The van der Waals surface area contributed by atoms with Crippen molar-refractivity contribution in [1.82, 2.24) is 19.9 Å². The number of benzene rings is 1. The average Bonchev–Trinajstić information content (AvgIpc) is 3.17. The van der Waals surface area contributed by atoms with E-state index in [4.69, 9.17) is 0 Å². The number of likely N-dealkylation sites (N-methyl/N-ethyl adjacent to an activating group) is 1. The van der Waals surface area contributed by atoms with Crippen LogP contribution in [0.25, 0.3) is 5.65 Å². The number of hydrogen-bond donors (Lipinski definition) is 1. The Morgan fingerprint density at radius 3 is 2.75 bits per heavy atom. The van der Waals surface area contributed by atoms with Gasteiger partial charge in [-0.3, -0.25) is 4.79 Å². The summed E-state index contributed by atoms with van der Waals surface area (Å²) in [4.78, 5) is 17.8. The summed E-state index contributed by atoms with van der Waals surface area (Å²) >= 11 is 0. The maximum atomic E-state index is 11.2. The molecular formula is C21H26N6O. The molecule has 0 aliphatic carbocycles. The minimum absolute atomic E-state index is 0.437. The van der Waals surface area contributed by atoms with Gasteiger partial charge in [-0.15, -0.1) is 0 Å². The predicted octanol–water partition coefficient (Wildman–Crippen LogP) is 3.36. The first-order chi connectivity index (χ1) is 13.7. The molecule has 1 aromatic carbocycles. The van der Waals surface area contributed by atoms with E-state index in [1.807, 2.05) is 57.0 Å². The van der Waals surface area contributed by atoms with Crippen molar-refractivity contribution >= 4 is 23.4 Å². The SMILES string of the molecule is CC.CCN(c1ccn2ncc(C=O)c2n1)c1c(C#N)cccc1CCNC. The molecule has 0 aliphatic heterocycles. The van der Waals surface area contributed by atoms with E-state index in [1.165, 1.54) is 6.20 Å². The number of nitrogens with zero attached hydrogens (tertiary/aromatic N) is 5. The van der Waals surface area contributed by atoms with Crippen LogP contribution in [0.1, 0.15) is 42.3 Å². The van der Waals surface area contributed by atoms with E-state index in [1.54, 1.807) is 10.7 Å². The highest BCUT2D eigenvalue weighted by Crippen LogP contribution is 2.31. The highest BCUT2D eigenvalue weighted by atomic mass is 16.1. The zero-order valence-corrected chi connectivity index (χ0v) is 16.8. The molecule has 7 heteroatoms. The minimum Gasteiger partial charge on any atom is -0.325 e. The Hall–Kier alpha value is -3.24. The van der Waals surface area contributed by atoms with Crippen LogP contribution in [0.3, 0.4) is 0 Å². The molecule has 0 atom stereocenters. The third-order valence-electron chi connectivity index (χ3n) is 4.26. The molecule has 3 aromatic rings. The Labute approximate surface area is 165 Å². The van der Waals surface area contributed by atoms with Gasteiger partial charge in [0.05, 0.1) is 23.0 Å². The number of fused-ring (bicyclic) bond motifs is 1. The van der Waals surface area contributed by atoms with Gasteiger partial charge in [0.1, 0.15) is 11.9 Å². The summed E-state index contributed by atoms with van der Waals surface area (Å²) in [5.41, 5.74) is 3.48. The minimum atomic E-state index is 0.437. The molecule has 2 heterocycles. The van der Waals surface area contributed by atoms with Crippen molar-refractivity contribution in [1.29, 1.82) is 5.26 Å². The van der Waals surface area contributed by atoms with Gasteiger partial charge in [0, 0.05) is 12.7 Å². The second kappa shape index (κ2) is 10.2. The smallest absolute Gasteiger partial charge is 0.167 e. The van der Waals surface area contributed by atoms with Crippen LogP contribution < -0.4 is 10.2 Å². The number of carbonyl (C=O) groups is 1. The van der Waals surface area contributed by atoms with Crippen LogP contribution >= 0.6 is 0 Å². The normalized spacial score (nSPS) is 10.1. The molecule has 0 fully saturated rings. The number of carbonyl (C=O) groups excluding carboxylic acids is 1. The highest BCUT2D eigenvalue weighted by Gasteiger charge is 2.18. The number of hydrogen-bond acceptors (Lipinski definition) is 6. The molecular weight excluding hydrogens is 352 g/mol. The summed E-state index contributed by atoms with van der Waals surface area (Å²) in [5, 5.41) is 16.9. The highest BCUT2D eigenvalue weighted by molar-refractivity contribution is 5.84. The van der Waals surface area contributed by atoms with Gasteiger partial charge < -0.3 is 10.2 Å². The molecule has 0 saturated carbocycles. The quantitative estimate of drug-likeness (QED) is 0.635. The van der Waals surface area contributed by atoms with Crippen LogP contribution in [0.5, 0.6) is 0 Å². The fourth-order valence-corrected chi connectivity index (χ4v) is 3.01. The molecule has 3 rings (SSSR count). The van der Waals surface area contributed by atoms with Crippen LogP contribution in [0, 0.1) is 11.3 Å². The van der Waals surface area contributed by atoms with Gasteiger partial charge in [0.2, 0.25) is 0 Å². The lowest BCUT2D eigenvalue weighted by molar-refractivity contribution is 0.112. The Kier molecular flexibility index (Phi) is 7.66. The number of nitrogens with one attached hydrogen (secondary N) is 1. The van der Waals surface area contributed by atoms with E-state index in [0.29, 0.717) is 29.1 Å². The zero-order chi connectivity index (χ0) is 20.5. The molecule has 7 nitrogen and oxygen atoms in total. The number of nitriles is 1. The molecule has 0 radical (unpaired) electrons. The lowest BCUT2D eigenvalue weighted by Gasteiger charge is -2.26. The largest absolute Gasteiger partial charge is 0.325 e. The second-order valence-electron chi connectivity index (χ2n) is 5.79. The molecule has 0 aliphatic rings. The van der Waals surface area contributed by atoms with Gasteiger partial charge in [-0.2, -0.15) is 10.4 Å². The summed E-state index contributed by atoms with van der Waals surface area (Å²) < 4.78 is 1.57. The summed E-state index contributed by atoms with van der Waals surface area (Å²) in [6.45, 7) is 7.46. The number of rotatable bonds is 7. The zero-order valence-electron chi connectivity index (χ0n) is 16.8. The second-order valence-corrected chi connectivity index (χ2v) is 5.79. The van der Waals surface area contributed by atoms with E-state index in [2.05, 4.69) is 21.5 Å². The van der Waals surface area contributed by atoms with E-state index in [-0.39, 0.29) is 0 Å². The number of anilines is 2. The molecule has 0 amide bonds. The molecule has 0 saturated heterocycles. The molecule has 0 unspecified atom stereocenters. The van der Waals surface area contributed by atoms with Crippen LogP contribution in [-0.2, 0) is 6.42 Å². The van der Waals surface area contributed by atoms with Crippen molar-refractivity contribution in [3.8, 4) is 6.07 Å². The molecule has 2 aromatic heterocycles. The Morgan fingerprint density at radius 2 is 2.11 bits per heavy atom. The lowest BCUT2D eigenvalue weighted by atomic mass is 10.0. The molecule has 146 valence electrons. The number of para-hydroxylation sites is 1. The Balaban J connectivity index is 0.00000136. The van der Waals surface area contributed by atoms with E-state index >= 15 is 0 Å². The number of aldehydes is 1. The van der Waals surface area contributed by atoms with E-state index in [0.717, 1.165) is 30.5 Å². The van der Waals surface area contributed by atoms with Gasteiger partial charge in [0.25, 0.3) is 0 Å². The maximum Gasteiger partial charge on any atom is 0.167 e. The summed E-state index contributed by atoms with van der Waals surface area (Å²) in [6, 6.07) is 9.88. The van der Waals surface area contributed by atoms with Crippen molar-refractivity contribution < 1.29 is 4.79 Å². The predicted molar refractivity (Wildman–Crippen MR) is 111 cm³/mol. The maximum absolute atomic E-state index is 11.2. The van der Waals surface area contributed by atoms with Gasteiger partial charge in [0.15, 0.2) is 11.9 Å². The topological polar surface area (TPSA) is 86.3 Å². The third kappa shape index (κ3) is 4.18. The van der Waals surface area contributed by atoms with Gasteiger partial charge >= 0.3 is 0 Å². The first-order valence-corrected chi connectivity index (χ1v) is 9.47. The van der Waals surface area contributed by atoms with Gasteiger partial charge in [-0.05, 0) is 44.6 Å². The molecule has 0 bridgehead atoms. The van der Waals surface area contributed by atoms with Crippen LogP contribution in [-0.4, -0.2) is 41.0 Å². The third-order valence-corrected chi connectivity index (χ3v) is 4.26. The van der Waals surface area contributed by atoms with Crippen LogP contribution in [0.15, 0.2) is 36.7 Å². The van der Waals surface area contributed by atoms with Crippen LogP contribution in [0.4, 0.5) is 11.5 Å². The summed E-state index contributed by atoms with van der Waals surface area (Å²) in [5.74, 6) is 0.678. The first-order valence-electron chi connectivity index (χ1n) is 9.47. The Bertz CT molecular complexity index is 973. The summed E-state index contributed by atoms with van der Waals surface area (Å²) in [6.07, 6.45) is 4.82. The van der Waals surface area contributed by atoms with Crippen molar-refractivity contribution in [2.75, 3.05) is 25.0 Å². The van der Waals surface area contributed by atoms with Crippen molar-refractivity contribution in [2.24, 2.45) is 0 Å². The van der Waals surface area contributed by atoms with Crippen molar-refractivity contribution in [3.05, 3.63) is 53.3 Å². The lowest BCUT2D eigenvalue weighted by Crippen LogP contribution is -2.22. The molecule has 0 spiro atoms. The summed E-state index contributed by atoms with van der Waals surface area (Å²) in [7, 11) is 1.90. The van der Waals surface area contributed by atoms with Gasteiger partial charge in [-0.1, -0.05) is 26.0 Å². The molecule has 1 N–H and O–H groups in total. The van der Waals surface area contributed by atoms with Gasteiger partial charge in [-0.25, -0.2) is 9.50 Å². The number of aromatic nitrogens is 3.